The van der Waals surface area contributed by atoms with Gasteiger partial charge in [-0.25, -0.2) is 9.37 Å². The predicted octanol–water partition coefficient (Wildman–Crippen LogP) is 1.33. The number of aromatic nitrogens is 2. The molecule has 0 unspecified atom stereocenters. The minimum Gasteiger partial charge on any atom is -0.394 e. The van der Waals surface area contributed by atoms with Crippen molar-refractivity contribution in [1.82, 2.24) is 9.55 Å². The lowest BCUT2D eigenvalue weighted by Gasteiger charge is -2.06. The molecule has 2 rings (SSSR count). The fraction of sp³-hybridized carbons (Fsp3) is 0.0769. The van der Waals surface area contributed by atoms with Gasteiger partial charge in [0.15, 0.2) is 11.6 Å². The molecule has 0 fully saturated rings. The smallest absolute Gasteiger partial charge is 0.279 e. The van der Waals surface area contributed by atoms with Crippen LogP contribution in [0, 0.1) is 17.7 Å². The first kappa shape index (κ1) is 11.9. The van der Waals surface area contributed by atoms with Gasteiger partial charge in [0, 0.05) is 18.0 Å². The van der Waals surface area contributed by atoms with Crippen molar-refractivity contribution in [3.05, 3.63) is 52.3 Å². The average molecular weight is 243 g/mol. The molecule has 0 spiro atoms. The highest BCUT2D eigenvalue weighted by molar-refractivity contribution is 5.40. The molecule has 0 saturated carbocycles. The first-order valence-corrected chi connectivity index (χ1v) is 5.19. The van der Waals surface area contributed by atoms with E-state index in [0.717, 1.165) is 4.57 Å². The van der Waals surface area contributed by atoms with Crippen LogP contribution < -0.4 is 11.3 Å². The maximum absolute atomic E-state index is 13.8. The van der Waals surface area contributed by atoms with Crippen molar-refractivity contribution in [2.45, 2.75) is 6.92 Å². The molecule has 0 aliphatic rings. The highest BCUT2D eigenvalue weighted by atomic mass is 19.1. The van der Waals surface area contributed by atoms with E-state index in [1.54, 1.807) is 13.0 Å². The standard InChI is InChI=1S/C13H10FN3O/c1-2-4-9-7-10(14)12(16-8-9)17-6-3-5-11(15)13(17)18/h3,5-8H,15H2,1H3. The molecule has 0 aliphatic carbocycles. The van der Waals surface area contributed by atoms with Gasteiger partial charge in [-0.3, -0.25) is 9.36 Å². The summed E-state index contributed by atoms with van der Waals surface area (Å²) in [5.41, 5.74) is 5.47. The summed E-state index contributed by atoms with van der Waals surface area (Å²) in [6.07, 6.45) is 2.82. The molecule has 18 heavy (non-hydrogen) atoms. The third kappa shape index (κ3) is 2.09. The number of hydrogen-bond donors (Lipinski definition) is 1. The van der Waals surface area contributed by atoms with Crippen molar-refractivity contribution in [3.8, 4) is 17.7 Å². The molecular weight excluding hydrogens is 233 g/mol. The van der Waals surface area contributed by atoms with Gasteiger partial charge < -0.3 is 5.73 Å². The van der Waals surface area contributed by atoms with Crippen LogP contribution in [0.3, 0.4) is 0 Å². The highest BCUT2D eigenvalue weighted by Gasteiger charge is 2.09. The molecule has 2 aromatic heterocycles. The minimum atomic E-state index is -0.622. The van der Waals surface area contributed by atoms with Gasteiger partial charge in [0.05, 0.1) is 5.69 Å². The van der Waals surface area contributed by atoms with E-state index in [0.29, 0.717) is 5.56 Å². The van der Waals surface area contributed by atoms with Crippen LogP contribution >= 0.6 is 0 Å². The van der Waals surface area contributed by atoms with Crippen molar-refractivity contribution in [2.24, 2.45) is 0 Å². The molecule has 2 aromatic rings. The Bertz CT molecular complexity index is 710. The zero-order chi connectivity index (χ0) is 13.1. The molecule has 0 saturated heterocycles. The van der Waals surface area contributed by atoms with Gasteiger partial charge in [-0.1, -0.05) is 5.92 Å². The maximum atomic E-state index is 13.8. The summed E-state index contributed by atoms with van der Waals surface area (Å²) in [5.74, 6) is 4.62. The Balaban J connectivity index is 2.61. The summed E-state index contributed by atoms with van der Waals surface area (Å²) in [7, 11) is 0. The summed E-state index contributed by atoms with van der Waals surface area (Å²) < 4.78 is 14.9. The number of halogens is 1. The summed E-state index contributed by atoms with van der Waals surface area (Å²) in [6.45, 7) is 1.65. The van der Waals surface area contributed by atoms with Gasteiger partial charge in [0.2, 0.25) is 0 Å². The predicted molar refractivity (Wildman–Crippen MR) is 66.8 cm³/mol. The second-order valence-corrected chi connectivity index (χ2v) is 3.54. The Morgan fingerprint density at radius 1 is 1.50 bits per heavy atom. The summed E-state index contributed by atoms with van der Waals surface area (Å²) >= 11 is 0. The summed E-state index contributed by atoms with van der Waals surface area (Å²) in [6, 6.07) is 4.24. The number of nitrogens with two attached hydrogens (primary N) is 1. The molecule has 0 bridgehead atoms. The Kier molecular flexibility index (Phi) is 3.11. The first-order chi connectivity index (χ1) is 8.63. The fourth-order valence-electron chi connectivity index (χ4n) is 1.50. The van der Waals surface area contributed by atoms with Crippen LogP contribution in [0.4, 0.5) is 10.1 Å². The quantitative estimate of drug-likeness (QED) is 0.768. The molecule has 4 nitrogen and oxygen atoms in total. The molecule has 0 aliphatic heterocycles. The van der Waals surface area contributed by atoms with Gasteiger partial charge in [-0.15, -0.1) is 5.92 Å². The monoisotopic (exact) mass is 243 g/mol. The number of rotatable bonds is 1. The zero-order valence-corrected chi connectivity index (χ0v) is 9.64. The molecule has 2 heterocycles. The lowest BCUT2D eigenvalue weighted by molar-refractivity contribution is 0.607. The van der Waals surface area contributed by atoms with Crippen LogP contribution in [0.5, 0.6) is 0 Å². The topological polar surface area (TPSA) is 60.9 Å². The number of hydrogen-bond acceptors (Lipinski definition) is 3. The van der Waals surface area contributed by atoms with E-state index >= 15 is 0 Å². The fourth-order valence-corrected chi connectivity index (χ4v) is 1.50. The average Bonchev–Trinajstić information content (AvgIpc) is 2.34. The van der Waals surface area contributed by atoms with Crippen molar-refractivity contribution in [3.63, 3.8) is 0 Å². The van der Waals surface area contributed by atoms with E-state index in [1.165, 1.54) is 24.5 Å². The van der Waals surface area contributed by atoms with Gasteiger partial charge in [0.25, 0.3) is 5.56 Å². The Morgan fingerprint density at radius 2 is 2.28 bits per heavy atom. The molecule has 0 aromatic carbocycles. The summed E-state index contributed by atoms with van der Waals surface area (Å²) in [4.78, 5) is 15.6. The van der Waals surface area contributed by atoms with E-state index in [-0.39, 0.29) is 11.5 Å². The van der Waals surface area contributed by atoms with Crippen LogP contribution in [-0.4, -0.2) is 9.55 Å². The maximum Gasteiger partial charge on any atom is 0.279 e. The third-order valence-electron chi connectivity index (χ3n) is 2.30. The van der Waals surface area contributed by atoms with Gasteiger partial charge >= 0.3 is 0 Å². The van der Waals surface area contributed by atoms with Crippen LogP contribution in [0.25, 0.3) is 5.82 Å². The third-order valence-corrected chi connectivity index (χ3v) is 2.30. The molecule has 0 radical (unpaired) electrons. The second kappa shape index (κ2) is 4.72. The SMILES string of the molecule is CC#Cc1cnc(-n2cccc(N)c2=O)c(F)c1. The second-order valence-electron chi connectivity index (χ2n) is 3.54. The Morgan fingerprint density at radius 3 is 2.94 bits per heavy atom. The number of pyridine rings is 2. The van der Waals surface area contributed by atoms with E-state index < -0.39 is 11.4 Å². The minimum absolute atomic E-state index is 0.0381. The molecule has 90 valence electrons. The van der Waals surface area contributed by atoms with E-state index in [1.807, 2.05) is 0 Å². The lowest BCUT2D eigenvalue weighted by atomic mass is 10.2. The van der Waals surface area contributed by atoms with Crippen LogP contribution in [0.15, 0.2) is 35.4 Å². The van der Waals surface area contributed by atoms with Crippen molar-refractivity contribution < 1.29 is 4.39 Å². The highest BCUT2D eigenvalue weighted by Crippen LogP contribution is 2.10. The molecule has 2 N–H and O–H groups in total. The van der Waals surface area contributed by atoms with Crippen molar-refractivity contribution in [1.29, 1.82) is 0 Å². The number of nitrogens with zero attached hydrogens (tertiary/aromatic N) is 2. The largest absolute Gasteiger partial charge is 0.394 e. The van der Waals surface area contributed by atoms with Crippen molar-refractivity contribution >= 4 is 5.69 Å². The lowest BCUT2D eigenvalue weighted by Crippen LogP contribution is -2.22. The van der Waals surface area contributed by atoms with Crippen molar-refractivity contribution in [2.75, 3.05) is 5.73 Å². The first-order valence-electron chi connectivity index (χ1n) is 5.19. The summed E-state index contributed by atoms with van der Waals surface area (Å²) in [5, 5.41) is 0. The number of nitrogen functional groups attached to an aromatic ring is 1. The van der Waals surface area contributed by atoms with Gasteiger partial charge in [-0.2, -0.15) is 0 Å². The van der Waals surface area contributed by atoms with Crippen LogP contribution in [0.2, 0.25) is 0 Å². The number of anilines is 1. The van der Waals surface area contributed by atoms with Gasteiger partial charge in [0.1, 0.15) is 0 Å². The molecule has 5 heteroatoms. The van der Waals surface area contributed by atoms with Gasteiger partial charge in [-0.05, 0) is 25.1 Å². The van der Waals surface area contributed by atoms with E-state index in [9.17, 15) is 9.18 Å². The Labute approximate surface area is 103 Å². The molecular formula is C13H10FN3O. The molecule has 0 atom stereocenters. The van der Waals surface area contributed by atoms with Crippen LogP contribution in [-0.2, 0) is 0 Å². The Hall–Kier alpha value is -2.61. The van der Waals surface area contributed by atoms with Crippen LogP contribution in [0.1, 0.15) is 12.5 Å². The molecule has 0 amide bonds. The normalized spacial score (nSPS) is 9.67. The zero-order valence-electron chi connectivity index (χ0n) is 9.64. The van der Waals surface area contributed by atoms with E-state index in [2.05, 4.69) is 16.8 Å². The van der Waals surface area contributed by atoms with E-state index in [4.69, 9.17) is 5.73 Å².